The molecule has 4 nitrogen and oxygen atoms in total. The van der Waals surface area contributed by atoms with E-state index >= 15 is 0 Å². The Bertz CT molecular complexity index is 506. The number of nitrogens with zero attached hydrogens (tertiary/aromatic N) is 1. The largest absolute Gasteiger partial charge is 0.497 e. The summed E-state index contributed by atoms with van der Waals surface area (Å²) >= 11 is 0. The normalized spacial score (nSPS) is 20.4. The molecule has 1 aliphatic carbocycles. The summed E-state index contributed by atoms with van der Waals surface area (Å²) in [6, 6.07) is 8.70. The lowest BCUT2D eigenvalue weighted by Crippen LogP contribution is -2.45. The van der Waals surface area contributed by atoms with Crippen LogP contribution in [-0.4, -0.2) is 37.0 Å². The Morgan fingerprint density at radius 2 is 2.05 bits per heavy atom. The third-order valence-electron chi connectivity index (χ3n) is 4.95. The molecule has 0 aromatic heterocycles. The Labute approximate surface area is 132 Å². The van der Waals surface area contributed by atoms with Crippen LogP contribution in [0.3, 0.4) is 0 Å². The minimum Gasteiger partial charge on any atom is -0.497 e. The number of likely N-dealkylation sites (tertiary alicyclic amines) is 1. The molecule has 3 rings (SSSR count). The molecule has 0 atom stereocenters. The van der Waals surface area contributed by atoms with Gasteiger partial charge in [0.15, 0.2) is 0 Å². The van der Waals surface area contributed by atoms with Crippen molar-refractivity contribution in [3.63, 3.8) is 0 Å². The Morgan fingerprint density at radius 1 is 1.27 bits per heavy atom. The second-order valence-electron chi connectivity index (χ2n) is 6.54. The molecular formula is C18H26N2O2. The average Bonchev–Trinajstić information content (AvgIpc) is 2.51. The molecule has 0 radical (unpaired) electrons. The van der Waals surface area contributed by atoms with Gasteiger partial charge in [0, 0.05) is 18.5 Å². The number of rotatable bonds is 5. The van der Waals surface area contributed by atoms with Gasteiger partial charge in [-0.1, -0.05) is 12.1 Å². The first-order valence-corrected chi connectivity index (χ1v) is 8.40. The van der Waals surface area contributed by atoms with Crippen molar-refractivity contribution in [1.82, 2.24) is 10.2 Å². The average molecular weight is 302 g/mol. The molecule has 1 heterocycles. The first-order chi connectivity index (χ1) is 10.7. The van der Waals surface area contributed by atoms with Crippen LogP contribution in [0.2, 0.25) is 0 Å². The molecule has 1 saturated carbocycles. The third-order valence-corrected chi connectivity index (χ3v) is 4.95. The maximum atomic E-state index is 12.2. The van der Waals surface area contributed by atoms with Crippen molar-refractivity contribution in [3.8, 4) is 5.75 Å². The Kier molecular flexibility index (Phi) is 4.98. The number of hydrogen-bond acceptors (Lipinski definition) is 3. The summed E-state index contributed by atoms with van der Waals surface area (Å²) in [4.78, 5) is 14.6. The maximum Gasteiger partial charge on any atom is 0.223 e. The highest BCUT2D eigenvalue weighted by Gasteiger charge is 2.28. The van der Waals surface area contributed by atoms with Crippen LogP contribution in [0.15, 0.2) is 24.3 Å². The quantitative estimate of drug-likeness (QED) is 0.909. The molecule has 1 saturated heterocycles. The van der Waals surface area contributed by atoms with Crippen molar-refractivity contribution in [2.75, 3.05) is 20.2 Å². The second-order valence-corrected chi connectivity index (χ2v) is 6.54. The summed E-state index contributed by atoms with van der Waals surface area (Å²) in [5.74, 6) is 1.40. The SMILES string of the molecule is COc1cccc(CN2CCC(C(=O)NC3CCC3)CC2)c1. The maximum absolute atomic E-state index is 12.2. The van der Waals surface area contributed by atoms with Gasteiger partial charge in [-0.2, -0.15) is 0 Å². The first kappa shape index (κ1) is 15.3. The highest BCUT2D eigenvalue weighted by atomic mass is 16.5. The van der Waals surface area contributed by atoms with Crippen LogP contribution in [0.1, 0.15) is 37.7 Å². The zero-order valence-corrected chi connectivity index (χ0v) is 13.4. The molecule has 0 bridgehead atoms. The number of methoxy groups -OCH3 is 1. The summed E-state index contributed by atoms with van der Waals surface area (Å²) in [6.07, 6.45) is 5.55. The molecule has 1 aromatic rings. The summed E-state index contributed by atoms with van der Waals surface area (Å²) in [5.41, 5.74) is 1.27. The molecule has 1 aromatic carbocycles. The number of amides is 1. The zero-order chi connectivity index (χ0) is 15.4. The predicted octanol–water partition coefficient (Wildman–Crippen LogP) is 2.58. The van der Waals surface area contributed by atoms with Crippen LogP contribution in [0, 0.1) is 5.92 Å². The van der Waals surface area contributed by atoms with Crippen molar-refractivity contribution < 1.29 is 9.53 Å². The van der Waals surface area contributed by atoms with Crippen molar-refractivity contribution in [3.05, 3.63) is 29.8 Å². The Balaban J connectivity index is 1.45. The molecule has 22 heavy (non-hydrogen) atoms. The molecular weight excluding hydrogens is 276 g/mol. The van der Waals surface area contributed by atoms with E-state index in [0.29, 0.717) is 6.04 Å². The van der Waals surface area contributed by atoms with Gasteiger partial charge in [0.05, 0.1) is 7.11 Å². The van der Waals surface area contributed by atoms with Gasteiger partial charge in [-0.3, -0.25) is 9.69 Å². The van der Waals surface area contributed by atoms with Crippen molar-refractivity contribution in [2.24, 2.45) is 5.92 Å². The van der Waals surface area contributed by atoms with E-state index in [2.05, 4.69) is 22.3 Å². The van der Waals surface area contributed by atoms with E-state index in [1.807, 2.05) is 12.1 Å². The van der Waals surface area contributed by atoms with Gasteiger partial charge in [0.25, 0.3) is 0 Å². The van der Waals surface area contributed by atoms with E-state index in [9.17, 15) is 4.79 Å². The summed E-state index contributed by atoms with van der Waals surface area (Å²) in [7, 11) is 1.70. The minimum atomic E-state index is 0.210. The lowest BCUT2D eigenvalue weighted by molar-refractivity contribution is -0.127. The van der Waals surface area contributed by atoms with Crippen molar-refractivity contribution in [1.29, 1.82) is 0 Å². The molecule has 2 fully saturated rings. The lowest BCUT2D eigenvalue weighted by atomic mass is 9.90. The van der Waals surface area contributed by atoms with Crippen molar-refractivity contribution in [2.45, 2.75) is 44.7 Å². The number of carbonyl (C=O) groups is 1. The first-order valence-electron chi connectivity index (χ1n) is 8.40. The van der Waals surface area contributed by atoms with Gasteiger partial charge in [0.2, 0.25) is 5.91 Å². The van der Waals surface area contributed by atoms with Crippen LogP contribution < -0.4 is 10.1 Å². The van der Waals surface area contributed by atoms with Crippen LogP contribution in [-0.2, 0) is 11.3 Å². The predicted molar refractivity (Wildman–Crippen MR) is 86.8 cm³/mol. The van der Waals surface area contributed by atoms with E-state index in [-0.39, 0.29) is 11.8 Å². The smallest absolute Gasteiger partial charge is 0.223 e. The topological polar surface area (TPSA) is 41.6 Å². The van der Waals surface area contributed by atoms with E-state index in [1.165, 1.54) is 24.8 Å². The highest BCUT2D eigenvalue weighted by Crippen LogP contribution is 2.23. The van der Waals surface area contributed by atoms with E-state index < -0.39 is 0 Å². The number of nitrogens with one attached hydrogen (secondary N) is 1. The number of ether oxygens (including phenoxy) is 1. The molecule has 4 heteroatoms. The number of hydrogen-bond donors (Lipinski definition) is 1. The van der Waals surface area contributed by atoms with Gasteiger partial charge in [-0.25, -0.2) is 0 Å². The number of benzene rings is 1. The summed E-state index contributed by atoms with van der Waals surface area (Å²) in [5, 5.41) is 3.19. The van der Waals surface area contributed by atoms with Crippen molar-refractivity contribution >= 4 is 5.91 Å². The van der Waals surface area contributed by atoms with E-state index in [0.717, 1.165) is 38.2 Å². The van der Waals surface area contributed by atoms with Gasteiger partial charge >= 0.3 is 0 Å². The van der Waals surface area contributed by atoms with Gasteiger partial charge in [-0.15, -0.1) is 0 Å². The summed E-state index contributed by atoms with van der Waals surface area (Å²) in [6.45, 7) is 2.94. The molecule has 1 aliphatic heterocycles. The third kappa shape index (κ3) is 3.80. The van der Waals surface area contributed by atoms with Crippen LogP contribution in [0.25, 0.3) is 0 Å². The molecule has 2 aliphatic rings. The van der Waals surface area contributed by atoms with Gasteiger partial charge in [-0.05, 0) is 62.9 Å². The molecule has 0 spiro atoms. The standard InChI is InChI=1S/C18H26N2O2/c1-22-17-7-2-4-14(12-17)13-20-10-8-15(9-11-20)18(21)19-16-5-3-6-16/h2,4,7,12,15-16H,3,5-6,8-11,13H2,1H3,(H,19,21). The second kappa shape index (κ2) is 7.14. The molecule has 1 N–H and O–H groups in total. The van der Waals surface area contributed by atoms with Crippen LogP contribution in [0.4, 0.5) is 0 Å². The molecule has 120 valence electrons. The minimum absolute atomic E-state index is 0.210. The van der Waals surface area contributed by atoms with Crippen LogP contribution >= 0.6 is 0 Å². The fourth-order valence-corrected chi connectivity index (χ4v) is 3.25. The van der Waals surface area contributed by atoms with Crippen LogP contribution in [0.5, 0.6) is 5.75 Å². The molecule has 0 unspecified atom stereocenters. The Hall–Kier alpha value is -1.55. The fourth-order valence-electron chi connectivity index (χ4n) is 3.25. The van der Waals surface area contributed by atoms with Gasteiger partial charge < -0.3 is 10.1 Å². The lowest BCUT2D eigenvalue weighted by Gasteiger charge is -2.33. The number of carbonyl (C=O) groups excluding carboxylic acids is 1. The monoisotopic (exact) mass is 302 g/mol. The van der Waals surface area contributed by atoms with E-state index in [4.69, 9.17) is 4.74 Å². The number of piperidine rings is 1. The fraction of sp³-hybridized carbons (Fsp3) is 0.611. The van der Waals surface area contributed by atoms with Gasteiger partial charge in [0.1, 0.15) is 5.75 Å². The Morgan fingerprint density at radius 3 is 2.68 bits per heavy atom. The highest BCUT2D eigenvalue weighted by molar-refractivity contribution is 5.79. The zero-order valence-electron chi connectivity index (χ0n) is 13.4. The summed E-state index contributed by atoms with van der Waals surface area (Å²) < 4.78 is 5.27. The molecule has 1 amide bonds. The van der Waals surface area contributed by atoms with E-state index in [1.54, 1.807) is 7.11 Å².